The zero-order chi connectivity index (χ0) is 27.5. The number of aliphatic imine (C=N–C) groups is 1. The zero-order valence-electron chi connectivity index (χ0n) is 22.0. The fourth-order valence-electron chi connectivity index (χ4n) is 4.65. The summed E-state index contributed by atoms with van der Waals surface area (Å²) in [4.78, 5) is 4.69. The summed E-state index contributed by atoms with van der Waals surface area (Å²) in [5, 5.41) is 10.2. The molecule has 6 nitrogen and oxygen atoms in total. The highest BCUT2D eigenvalue weighted by Crippen LogP contribution is 2.43. The summed E-state index contributed by atoms with van der Waals surface area (Å²) in [7, 11) is 3.25. The molecule has 0 aliphatic heterocycles. The molecule has 0 spiro atoms. The quantitative estimate of drug-likeness (QED) is 0.181. The first kappa shape index (κ1) is 26.1. The molecule has 0 bridgehead atoms. The number of rotatable bonds is 7. The normalized spacial score (nSPS) is 11.1. The molecule has 0 aliphatic rings. The molecule has 0 aliphatic carbocycles. The lowest BCUT2D eigenvalue weighted by atomic mass is 9.98. The van der Waals surface area contributed by atoms with E-state index in [1.165, 1.54) is 0 Å². The minimum absolute atomic E-state index is 0.251. The second kappa shape index (κ2) is 11.1. The van der Waals surface area contributed by atoms with Crippen molar-refractivity contribution in [3.63, 3.8) is 0 Å². The Kier molecular flexibility index (Phi) is 7.40. The van der Waals surface area contributed by atoms with E-state index < -0.39 is 0 Å². The van der Waals surface area contributed by atoms with Crippen molar-refractivity contribution in [2.24, 2.45) is 4.99 Å². The van der Waals surface area contributed by atoms with Gasteiger partial charge in [-0.15, -0.1) is 0 Å². The lowest BCUT2D eigenvalue weighted by molar-refractivity contribution is 0.414. The van der Waals surface area contributed by atoms with Crippen LogP contribution in [0.15, 0.2) is 92.7 Å². The van der Waals surface area contributed by atoms with Gasteiger partial charge in [0.1, 0.15) is 28.9 Å². The molecular formula is C32H26BrN3O3. The maximum absolute atomic E-state index is 10.2. The summed E-state index contributed by atoms with van der Waals surface area (Å²) < 4.78 is 20.1. The molecule has 0 atom stereocenters. The Morgan fingerprint density at radius 2 is 1.54 bits per heavy atom. The zero-order valence-corrected chi connectivity index (χ0v) is 23.6. The summed E-state index contributed by atoms with van der Waals surface area (Å²) in [6.07, 6.45) is 1.76. The lowest BCUT2D eigenvalue weighted by Gasteiger charge is -2.09. The minimum atomic E-state index is 0.251. The van der Waals surface area contributed by atoms with Crippen LogP contribution in [0.1, 0.15) is 22.5 Å². The van der Waals surface area contributed by atoms with E-state index >= 15 is 0 Å². The summed E-state index contributed by atoms with van der Waals surface area (Å²) in [6.45, 7) is 4.11. The second-order valence-electron chi connectivity index (χ2n) is 8.96. The molecule has 5 rings (SSSR count). The van der Waals surface area contributed by atoms with Crippen LogP contribution in [-0.4, -0.2) is 25.0 Å². The molecule has 0 saturated heterocycles. The fraction of sp³-hybridized carbons (Fsp3) is 0.125. The maximum Gasteiger partial charge on any atom is 0.238 e. The number of hydrogen-bond acceptors (Lipinski definition) is 5. The average molecular weight is 580 g/mol. The molecule has 0 radical (unpaired) electrons. The molecule has 5 aromatic rings. The number of nitrogens with zero attached hydrogens (tertiary/aromatic N) is 3. The van der Waals surface area contributed by atoms with Crippen LogP contribution >= 0.6 is 15.9 Å². The van der Waals surface area contributed by atoms with E-state index in [1.54, 1.807) is 20.4 Å². The maximum atomic E-state index is 10.2. The first-order valence-corrected chi connectivity index (χ1v) is 13.1. The summed E-state index contributed by atoms with van der Waals surface area (Å²) >= 11 is 3.56. The minimum Gasteiger partial charge on any atom is -0.497 e. The van der Waals surface area contributed by atoms with E-state index in [4.69, 9.17) is 13.9 Å². The van der Waals surface area contributed by atoms with Crippen molar-refractivity contribution in [1.82, 2.24) is 4.57 Å². The SMILES string of the molecule is COc1ccc(-c2oc(N=Cc3cc(C)n(-c4cccc(Br)c4)c3C)c(C#N)c2-c2ccc(OC)cc2)cc1. The van der Waals surface area contributed by atoms with E-state index in [9.17, 15) is 5.26 Å². The number of methoxy groups -OCH3 is 2. The number of furan rings is 1. The highest BCUT2D eigenvalue weighted by atomic mass is 79.9. The van der Waals surface area contributed by atoms with Gasteiger partial charge in [0.2, 0.25) is 5.88 Å². The molecule has 0 fully saturated rings. The predicted molar refractivity (Wildman–Crippen MR) is 158 cm³/mol. The van der Waals surface area contributed by atoms with Crippen LogP contribution in [0, 0.1) is 25.2 Å². The number of halogens is 1. The molecule has 2 heterocycles. The van der Waals surface area contributed by atoms with Gasteiger partial charge in [0, 0.05) is 44.5 Å². The Morgan fingerprint density at radius 1 is 0.897 bits per heavy atom. The van der Waals surface area contributed by atoms with E-state index in [1.807, 2.05) is 67.6 Å². The van der Waals surface area contributed by atoms with Crippen LogP contribution in [0.25, 0.3) is 28.1 Å². The molecule has 194 valence electrons. The molecule has 39 heavy (non-hydrogen) atoms. The van der Waals surface area contributed by atoms with E-state index in [-0.39, 0.29) is 5.88 Å². The largest absolute Gasteiger partial charge is 0.497 e. The van der Waals surface area contributed by atoms with E-state index in [0.717, 1.165) is 49.7 Å². The van der Waals surface area contributed by atoms with Crippen molar-refractivity contribution in [3.05, 3.63) is 106 Å². The van der Waals surface area contributed by atoms with Gasteiger partial charge in [0.25, 0.3) is 0 Å². The molecule has 7 heteroatoms. The Bertz CT molecular complexity index is 1710. The third-order valence-electron chi connectivity index (χ3n) is 6.59. The highest BCUT2D eigenvalue weighted by molar-refractivity contribution is 9.10. The monoisotopic (exact) mass is 579 g/mol. The van der Waals surface area contributed by atoms with Gasteiger partial charge in [-0.3, -0.25) is 0 Å². The Labute approximate surface area is 235 Å². The van der Waals surface area contributed by atoms with Gasteiger partial charge in [0.05, 0.1) is 14.2 Å². The number of aryl methyl sites for hydroxylation is 1. The van der Waals surface area contributed by atoms with Gasteiger partial charge in [-0.2, -0.15) is 5.26 Å². The fourth-order valence-corrected chi connectivity index (χ4v) is 5.04. The predicted octanol–water partition coefficient (Wildman–Crippen LogP) is 8.42. The first-order chi connectivity index (χ1) is 18.9. The molecule has 3 aromatic carbocycles. The summed E-state index contributed by atoms with van der Waals surface area (Å²) in [5.74, 6) is 2.27. The van der Waals surface area contributed by atoms with Crippen molar-refractivity contribution in [1.29, 1.82) is 5.26 Å². The number of benzene rings is 3. The number of aromatic nitrogens is 1. The van der Waals surface area contributed by atoms with Crippen LogP contribution in [0.3, 0.4) is 0 Å². The lowest BCUT2D eigenvalue weighted by Crippen LogP contribution is -1.99. The third kappa shape index (κ3) is 5.12. The van der Waals surface area contributed by atoms with Crippen molar-refractivity contribution in [2.45, 2.75) is 13.8 Å². The topological polar surface area (TPSA) is 72.7 Å². The smallest absolute Gasteiger partial charge is 0.238 e. The number of ether oxygens (including phenoxy) is 2. The molecule has 2 aromatic heterocycles. The van der Waals surface area contributed by atoms with E-state index in [0.29, 0.717) is 16.9 Å². The van der Waals surface area contributed by atoms with Crippen LogP contribution in [0.4, 0.5) is 5.88 Å². The number of nitriles is 1. The summed E-state index contributed by atoms with van der Waals surface area (Å²) in [5.41, 5.74) is 6.78. The van der Waals surface area contributed by atoms with Crippen molar-refractivity contribution in [2.75, 3.05) is 14.2 Å². The third-order valence-corrected chi connectivity index (χ3v) is 7.08. The van der Waals surface area contributed by atoms with Gasteiger partial charge in [-0.25, -0.2) is 4.99 Å². The standard InChI is InChI=1S/C32H26BrN3O3/c1-20-16-24(21(2)36(20)26-7-5-6-25(33)17-26)19-35-32-29(18-34)30(22-8-12-27(37-3)13-9-22)31(39-32)23-10-14-28(38-4)15-11-23/h5-17,19H,1-4H3. The Hall–Kier alpha value is -4.54. The van der Waals surface area contributed by atoms with Crippen LogP contribution in [-0.2, 0) is 0 Å². The first-order valence-electron chi connectivity index (χ1n) is 12.3. The number of hydrogen-bond donors (Lipinski definition) is 0. The molecule has 0 amide bonds. The molecular weight excluding hydrogens is 554 g/mol. The summed E-state index contributed by atoms with van der Waals surface area (Å²) in [6, 6.07) is 27.6. The van der Waals surface area contributed by atoms with Crippen molar-refractivity contribution >= 4 is 28.0 Å². The highest BCUT2D eigenvalue weighted by Gasteiger charge is 2.23. The average Bonchev–Trinajstić information content (AvgIpc) is 3.47. The molecule has 0 saturated carbocycles. The second-order valence-corrected chi connectivity index (χ2v) is 9.87. The van der Waals surface area contributed by atoms with Crippen LogP contribution in [0.2, 0.25) is 0 Å². The Morgan fingerprint density at radius 3 is 2.13 bits per heavy atom. The van der Waals surface area contributed by atoms with Crippen molar-refractivity contribution < 1.29 is 13.9 Å². The van der Waals surface area contributed by atoms with Crippen LogP contribution < -0.4 is 9.47 Å². The van der Waals surface area contributed by atoms with Gasteiger partial charge < -0.3 is 18.5 Å². The van der Waals surface area contributed by atoms with Crippen molar-refractivity contribution in [3.8, 4) is 45.7 Å². The van der Waals surface area contributed by atoms with Gasteiger partial charge in [0.15, 0.2) is 0 Å². The Balaban J connectivity index is 1.62. The van der Waals surface area contributed by atoms with E-state index in [2.05, 4.69) is 56.7 Å². The van der Waals surface area contributed by atoms with Gasteiger partial charge in [-0.1, -0.05) is 34.1 Å². The van der Waals surface area contributed by atoms with Gasteiger partial charge in [-0.05, 0) is 80.1 Å². The molecule has 0 unspecified atom stereocenters. The van der Waals surface area contributed by atoms with Crippen LogP contribution in [0.5, 0.6) is 11.5 Å². The van der Waals surface area contributed by atoms with Gasteiger partial charge >= 0.3 is 0 Å². The molecule has 0 N–H and O–H groups in total.